The van der Waals surface area contributed by atoms with Gasteiger partial charge in [0.1, 0.15) is 0 Å². The van der Waals surface area contributed by atoms with E-state index >= 15 is 0 Å². The molecule has 0 spiro atoms. The minimum atomic E-state index is 0.459. The first-order valence-electron chi connectivity index (χ1n) is 5.35. The highest BCUT2D eigenvalue weighted by Gasteiger charge is 2.14. The number of allylic oxidation sites excluding steroid dienone is 6. The molecule has 0 fully saturated rings. The highest BCUT2D eigenvalue weighted by molar-refractivity contribution is 7.42. The van der Waals surface area contributed by atoms with Crippen molar-refractivity contribution in [3.63, 3.8) is 0 Å². The van der Waals surface area contributed by atoms with Gasteiger partial charge in [-0.15, -0.1) is 0 Å². The van der Waals surface area contributed by atoms with Crippen LogP contribution in [0.25, 0.3) is 0 Å². The molecule has 14 heavy (non-hydrogen) atoms. The Labute approximate surface area is 90.0 Å². The van der Waals surface area contributed by atoms with Crippen LogP contribution >= 0.6 is 8.58 Å². The van der Waals surface area contributed by atoms with E-state index in [9.17, 15) is 0 Å². The largest absolute Gasteiger partial charge is 0.0936 e. The molecular formula is C13H21P. The maximum atomic E-state index is 2.35. The van der Waals surface area contributed by atoms with Crippen LogP contribution in [0.1, 0.15) is 33.1 Å². The van der Waals surface area contributed by atoms with Crippen LogP contribution in [-0.4, -0.2) is 6.66 Å². The van der Waals surface area contributed by atoms with E-state index in [0.717, 1.165) is 8.58 Å². The molecule has 0 heterocycles. The van der Waals surface area contributed by atoms with Crippen LogP contribution in [0.4, 0.5) is 0 Å². The summed E-state index contributed by atoms with van der Waals surface area (Å²) in [6.07, 6.45) is 15.1. The summed E-state index contributed by atoms with van der Waals surface area (Å²) in [7, 11) is 0.903. The van der Waals surface area contributed by atoms with Crippen LogP contribution in [0.2, 0.25) is 0 Å². The number of hydrogen-bond acceptors (Lipinski definition) is 0. The first-order chi connectivity index (χ1) is 6.64. The minimum absolute atomic E-state index is 0.459. The van der Waals surface area contributed by atoms with Crippen molar-refractivity contribution in [2.24, 2.45) is 5.41 Å². The highest BCUT2D eigenvalue weighted by atomic mass is 31.1. The van der Waals surface area contributed by atoms with Gasteiger partial charge in [0, 0.05) is 0 Å². The first kappa shape index (κ1) is 11.7. The predicted molar refractivity (Wildman–Crippen MR) is 68.2 cm³/mol. The maximum Gasteiger partial charge on any atom is -0.0277 e. The predicted octanol–water partition coefficient (Wildman–Crippen LogP) is 4.50. The van der Waals surface area contributed by atoms with Crippen molar-refractivity contribution in [2.75, 3.05) is 6.66 Å². The molecule has 1 rings (SSSR count). The van der Waals surface area contributed by atoms with Gasteiger partial charge in [-0.3, -0.25) is 0 Å². The normalized spacial score (nSPS) is 30.9. The van der Waals surface area contributed by atoms with Gasteiger partial charge < -0.3 is 0 Å². The quantitative estimate of drug-likeness (QED) is 0.556. The molecule has 1 heteroatoms. The molecule has 0 aliphatic heterocycles. The number of hydrogen-bond donors (Lipinski definition) is 0. The minimum Gasteiger partial charge on any atom is -0.0936 e. The van der Waals surface area contributed by atoms with E-state index in [-0.39, 0.29) is 0 Å². The lowest BCUT2D eigenvalue weighted by molar-refractivity contribution is 0.343. The van der Waals surface area contributed by atoms with Gasteiger partial charge in [-0.05, 0) is 36.7 Å². The van der Waals surface area contributed by atoms with E-state index in [1.807, 2.05) is 0 Å². The van der Waals surface area contributed by atoms with E-state index in [2.05, 4.69) is 50.9 Å². The van der Waals surface area contributed by atoms with Gasteiger partial charge in [0.2, 0.25) is 0 Å². The van der Waals surface area contributed by atoms with Crippen LogP contribution in [-0.2, 0) is 0 Å². The standard InChI is InChI=1S/C13H21P/c1-13(2)10-6-4-8-12(14-3)9-5-7-11-13/h4-6,8-9,14H,7,10-11H2,1-3H3/b6-4+,9-5-,12-8+. The van der Waals surface area contributed by atoms with Crippen LogP contribution < -0.4 is 0 Å². The Hall–Kier alpha value is -0.350. The van der Waals surface area contributed by atoms with Crippen molar-refractivity contribution < 1.29 is 0 Å². The van der Waals surface area contributed by atoms with Gasteiger partial charge in [0.15, 0.2) is 0 Å². The first-order valence-corrected chi connectivity index (χ1v) is 6.85. The third-order valence-electron chi connectivity index (χ3n) is 2.66. The molecule has 0 nitrogen and oxygen atoms in total. The lowest BCUT2D eigenvalue weighted by atomic mass is 9.84. The van der Waals surface area contributed by atoms with Gasteiger partial charge in [0.25, 0.3) is 0 Å². The molecule has 1 atom stereocenters. The Balaban J connectivity index is 2.72. The van der Waals surface area contributed by atoms with E-state index in [1.165, 1.54) is 24.6 Å². The van der Waals surface area contributed by atoms with Crippen LogP contribution in [0.5, 0.6) is 0 Å². The Morgan fingerprint density at radius 3 is 2.79 bits per heavy atom. The lowest BCUT2D eigenvalue weighted by Crippen LogP contribution is -2.09. The highest BCUT2D eigenvalue weighted by Crippen LogP contribution is 2.29. The lowest BCUT2D eigenvalue weighted by Gasteiger charge is -2.22. The van der Waals surface area contributed by atoms with Gasteiger partial charge in [-0.2, -0.15) is 0 Å². The van der Waals surface area contributed by atoms with Crippen molar-refractivity contribution in [3.8, 4) is 0 Å². The van der Waals surface area contributed by atoms with E-state index in [0.29, 0.717) is 5.41 Å². The average Bonchev–Trinajstić information content (AvgIpc) is 2.15. The molecule has 1 unspecified atom stereocenters. The van der Waals surface area contributed by atoms with Gasteiger partial charge in [-0.1, -0.05) is 52.8 Å². The molecular weight excluding hydrogens is 187 g/mol. The summed E-state index contributed by atoms with van der Waals surface area (Å²) in [6, 6.07) is 0. The van der Waals surface area contributed by atoms with Crippen LogP contribution in [0, 0.1) is 5.41 Å². The second-order valence-electron chi connectivity index (χ2n) is 4.61. The summed E-state index contributed by atoms with van der Waals surface area (Å²) >= 11 is 0. The molecule has 0 N–H and O–H groups in total. The van der Waals surface area contributed by atoms with Crippen molar-refractivity contribution in [2.45, 2.75) is 33.1 Å². The SMILES string of the molecule is CPC1=C/C=C/CC(C)(C)CC/C=C\1. The smallest absolute Gasteiger partial charge is 0.0277 e. The molecule has 0 aromatic carbocycles. The maximum absolute atomic E-state index is 2.35. The zero-order chi connectivity index (χ0) is 10.4. The summed E-state index contributed by atoms with van der Waals surface area (Å²) in [4.78, 5) is 0. The Kier molecular flexibility index (Phi) is 4.62. The molecule has 0 radical (unpaired) electrons. The van der Waals surface area contributed by atoms with E-state index in [4.69, 9.17) is 0 Å². The van der Waals surface area contributed by atoms with Crippen LogP contribution in [0.3, 0.4) is 0 Å². The van der Waals surface area contributed by atoms with Crippen molar-refractivity contribution in [1.82, 2.24) is 0 Å². The fourth-order valence-electron chi connectivity index (χ4n) is 1.57. The summed E-state index contributed by atoms with van der Waals surface area (Å²) in [6.45, 7) is 6.93. The van der Waals surface area contributed by atoms with E-state index in [1.54, 1.807) is 0 Å². The molecule has 78 valence electrons. The topological polar surface area (TPSA) is 0 Å². The molecule has 1 aliphatic carbocycles. The Bertz CT molecular complexity index is 256. The molecule has 0 amide bonds. The van der Waals surface area contributed by atoms with E-state index < -0.39 is 0 Å². The zero-order valence-corrected chi connectivity index (χ0v) is 10.5. The van der Waals surface area contributed by atoms with Gasteiger partial charge in [-0.25, -0.2) is 0 Å². The summed E-state index contributed by atoms with van der Waals surface area (Å²) in [5.74, 6) is 0. The summed E-state index contributed by atoms with van der Waals surface area (Å²) < 4.78 is 0. The molecule has 0 aromatic rings. The summed E-state index contributed by atoms with van der Waals surface area (Å²) in [5.41, 5.74) is 0.459. The Morgan fingerprint density at radius 2 is 2.07 bits per heavy atom. The molecule has 0 aromatic heterocycles. The van der Waals surface area contributed by atoms with Crippen molar-refractivity contribution >= 4 is 8.58 Å². The van der Waals surface area contributed by atoms with Crippen LogP contribution in [0.15, 0.2) is 35.7 Å². The molecule has 0 bridgehead atoms. The second-order valence-corrected chi connectivity index (χ2v) is 5.69. The number of rotatable bonds is 1. The third-order valence-corrected chi connectivity index (χ3v) is 3.57. The monoisotopic (exact) mass is 208 g/mol. The van der Waals surface area contributed by atoms with Crippen molar-refractivity contribution in [1.29, 1.82) is 0 Å². The average molecular weight is 208 g/mol. The van der Waals surface area contributed by atoms with Gasteiger partial charge >= 0.3 is 0 Å². The summed E-state index contributed by atoms with van der Waals surface area (Å²) in [5, 5.41) is 1.46. The third kappa shape index (κ3) is 4.24. The fraction of sp³-hybridized carbons (Fsp3) is 0.538. The second kappa shape index (κ2) is 5.51. The zero-order valence-electron chi connectivity index (χ0n) is 9.51. The van der Waals surface area contributed by atoms with Gasteiger partial charge in [0.05, 0.1) is 0 Å². The molecule has 1 aliphatic rings. The molecule has 0 saturated carbocycles. The Morgan fingerprint density at radius 1 is 1.29 bits per heavy atom. The molecule has 0 saturated heterocycles. The fourth-order valence-corrected chi connectivity index (χ4v) is 2.11. The van der Waals surface area contributed by atoms with Crippen molar-refractivity contribution in [3.05, 3.63) is 35.7 Å².